The highest BCUT2D eigenvalue weighted by atomic mass is 32.2. The fourth-order valence-electron chi connectivity index (χ4n) is 5.03. The van der Waals surface area contributed by atoms with Gasteiger partial charge in [0, 0.05) is 11.3 Å². The molecule has 0 spiro atoms. The number of ketones is 1. The van der Waals surface area contributed by atoms with E-state index in [2.05, 4.69) is 10.2 Å². The molecule has 4 aromatic carbocycles. The van der Waals surface area contributed by atoms with Crippen LogP contribution in [-0.2, 0) is 21.9 Å². The standard InChI is InChI=1S/C35H29N3O5S2/c1-22-9-6-7-12-26(22)20-43-27-17-15-24(16-18-27)31(39)29-30(25-13-8-14-28(19-25)42-2)38(33(41)32(29)40)34-36-37-35(45-34)44-21-23-10-4-3-5-11-23/h3-19,30,39H,20-21H2,1-2H3/b31-29+. The van der Waals surface area contributed by atoms with Gasteiger partial charge in [0.05, 0.1) is 18.7 Å². The van der Waals surface area contributed by atoms with Gasteiger partial charge in [-0.05, 0) is 65.6 Å². The van der Waals surface area contributed by atoms with Crippen molar-refractivity contribution in [2.45, 2.75) is 29.7 Å². The van der Waals surface area contributed by atoms with E-state index in [1.807, 2.05) is 61.5 Å². The van der Waals surface area contributed by atoms with E-state index < -0.39 is 17.7 Å². The second-order valence-electron chi connectivity index (χ2n) is 10.3. The molecule has 1 aromatic heterocycles. The van der Waals surface area contributed by atoms with Gasteiger partial charge in [0.25, 0.3) is 5.78 Å². The molecular formula is C35H29N3O5S2. The Balaban J connectivity index is 1.32. The molecule has 10 heteroatoms. The lowest BCUT2D eigenvalue weighted by molar-refractivity contribution is -0.132. The van der Waals surface area contributed by atoms with Gasteiger partial charge in [0.2, 0.25) is 5.13 Å². The number of hydrogen-bond acceptors (Lipinski definition) is 9. The van der Waals surface area contributed by atoms with Crippen molar-refractivity contribution in [1.82, 2.24) is 10.2 Å². The highest BCUT2D eigenvalue weighted by Gasteiger charge is 2.48. The van der Waals surface area contributed by atoms with Crippen LogP contribution in [0.2, 0.25) is 0 Å². The first-order valence-corrected chi connectivity index (χ1v) is 16.0. The van der Waals surface area contributed by atoms with Gasteiger partial charge < -0.3 is 14.6 Å². The van der Waals surface area contributed by atoms with Crippen LogP contribution in [0.4, 0.5) is 5.13 Å². The molecule has 1 unspecified atom stereocenters. The molecule has 45 heavy (non-hydrogen) atoms. The van der Waals surface area contributed by atoms with Crippen LogP contribution in [0.1, 0.15) is 33.9 Å². The second-order valence-corrected chi connectivity index (χ2v) is 12.5. The molecule has 0 saturated carbocycles. The van der Waals surface area contributed by atoms with E-state index in [0.29, 0.717) is 39.3 Å². The fraction of sp³-hybridized carbons (Fsp3) is 0.143. The monoisotopic (exact) mass is 635 g/mol. The van der Waals surface area contributed by atoms with E-state index in [1.165, 1.54) is 28.0 Å². The average Bonchev–Trinajstić information content (AvgIpc) is 3.65. The minimum Gasteiger partial charge on any atom is -0.507 e. The minimum atomic E-state index is -0.947. The van der Waals surface area contributed by atoms with Crippen LogP contribution in [0.25, 0.3) is 5.76 Å². The molecule has 6 rings (SSSR count). The summed E-state index contributed by atoms with van der Waals surface area (Å²) in [6.45, 7) is 2.42. The van der Waals surface area contributed by atoms with Crippen LogP contribution >= 0.6 is 23.1 Å². The number of carbonyl (C=O) groups excluding carboxylic acids is 2. The Labute approximate surface area is 269 Å². The van der Waals surface area contributed by atoms with Crippen molar-refractivity contribution in [1.29, 1.82) is 0 Å². The summed E-state index contributed by atoms with van der Waals surface area (Å²) < 4.78 is 12.0. The van der Waals surface area contributed by atoms with Crippen molar-refractivity contribution in [2.24, 2.45) is 0 Å². The van der Waals surface area contributed by atoms with Crippen LogP contribution in [0.5, 0.6) is 11.5 Å². The zero-order valence-corrected chi connectivity index (χ0v) is 26.2. The summed E-state index contributed by atoms with van der Waals surface area (Å²) in [5.74, 6) is -0.0683. The van der Waals surface area contributed by atoms with Crippen LogP contribution in [0, 0.1) is 6.92 Å². The number of thioether (sulfide) groups is 1. The first-order chi connectivity index (χ1) is 21.9. The first-order valence-electron chi connectivity index (χ1n) is 14.2. The zero-order chi connectivity index (χ0) is 31.3. The number of anilines is 1. The predicted octanol–water partition coefficient (Wildman–Crippen LogP) is 7.35. The number of aryl methyl sites for hydroxylation is 1. The van der Waals surface area contributed by atoms with E-state index in [9.17, 15) is 14.7 Å². The molecule has 226 valence electrons. The first kappa shape index (κ1) is 30.1. The SMILES string of the molecule is COc1cccc(C2/C(=C(\O)c3ccc(OCc4ccccc4C)cc3)C(=O)C(=O)N2c2nnc(SCc3ccccc3)s2)c1. The Bertz CT molecular complexity index is 1870. The van der Waals surface area contributed by atoms with Gasteiger partial charge in [0.15, 0.2) is 4.34 Å². The summed E-state index contributed by atoms with van der Waals surface area (Å²) in [5, 5.41) is 20.4. The Kier molecular flexibility index (Phi) is 8.95. The lowest BCUT2D eigenvalue weighted by Gasteiger charge is -2.23. The Morgan fingerprint density at radius 2 is 1.67 bits per heavy atom. The average molecular weight is 636 g/mol. The molecule has 0 radical (unpaired) electrons. The van der Waals surface area contributed by atoms with Gasteiger partial charge in [-0.1, -0.05) is 89.8 Å². The number of aliphatic hydroxyl groups is 1. The molecule has 1 N–H and O–H groups in total. The van der Waals surface area contributed by atoms with Gasteiger partial charge in [-0.15, -0.1) is 10.2 Å². The quantitative estimate of drug-likeness (QED) is 0.0559. The van der Waals surface area contributed by atoms with Crippen molar-refractivity contribution in [2.75, 3.05) is 12.0 Å². The van der Waals surface area contributed by atoms with Gasteiger partial charge in [-0.25, -0.2) is 0 Å². The number of rotatable bonds is 10. The Hall–Kier alpha value is -4.93. The minimum absolute atomic E-state index is 0.0458. The number of methoxy groups -OCH3 is 1. The molecule has 0 bridgehead atoms. The van der Waals surface area contributed by atoms with Crippen LogP contribution in [-0.4, -0.2) is 34.1 Å². The van der Waals surface area contributed by atoms with Crippen LogP contribution < -0.4 is 14.4 Å². The number of ether oxygens (including phenoxy) is 2. The van der Waals surface area contributed by atoms with E-state index in [0.717, 1.165) is 16.7 Å². The zero-order valence-electron chi connectivity index (χ0n) is 24.5. The van der Waals surface area contributed by atoms with Crippen LogP contribution in [0.15, 0.2) is 113 Å². The smallest absolute Gasteiger partial charge is 0.301 e. The maximum absolute atomic E-state index is 13.6. The maximum atomic E-state index is 13.6. The Morgan fingerprint density at radius 1 is 0.911 bits per heavy atom. The number of carbonyl (C=O) groups is 2. The summed E-state index contributed by atoms with van der Waals surface area (Å²) in [7, 11) is 1.54. The number of hydrogen-bond donors (Lipinski definition) is 1. The topological polar surface area (TPSA) is 102 Å². The highest BCUT2D eigenvalue weighted by molar-refractivity contribution is 8.00. The van der Waals surface area contributed by atoms with E-state index in [-0.39, 0.29) is 16.5 Å². The number of amides is 1. The van der Waals surface area contributed by atoms with Gasteiger partial charge in [-0.2, -0.15) is 0 Å². The molecule has 1 aliphatic heterocycles. The molecule has 2 heterocycles. The predicted molar refractivity (Wildman–Crippen MR) is 176 cm³/mol. The number of nitrogens with zero attached hydrogens (tertiary/aromatic N) is 3. The van der Waals surface area contributed by atoms with Crippen LogP contribution in [0.3, 0.4) is 0 Å². The normalized spacial score (nSPS) is 15.8. The lowest BCUT2D eigenvalue weighted by Crippen LogP contribution is -2.29. The lowest BCUT2D eigenvalue weighted by atomic mass is 9.95. The highest BCUT2D eigenvalue weighted by Crippen LogP contribution is 2.44. The molecule has 1 aliphatic rings. The van der Waals surface area contributed by atoms with Gasteiger partial charge in [0.1, 0.15) is 23.9 Å². The summed E-state index contributed by atoms with van der Waals surface area (Å²) in [5.41, 5.74) is 4.24. The molecule has 1 amide bonds. The van der Waals surface area contributed by atoms with E-state index >= 15 is 0 Å². The van der Waals surface area contributed by atoms with Crippen molar-refractivity contribution in [3.63, 3.8) is 0 Å². The van der Waals surface area contributed by atoms with Crippen molar-refractivity contribution < 1.29 is 24.2 Å². The molecule has 1 saturated heterocycles. The van der Waals surface area contributed by atoms with Gasteiger partial charge >= 0.3 is 5.91 Å². The molecule has 1 fully saturated rings. The molecule has 5 aromatic rings. The molecule has 1 atom stereocenters. The van der Waals surface area contributed by atoms with E-state index in [4.69, 9.17) is 9.47 Å². The number of aromatic nitrogens is 2. The third kappa shape index (κ3) is 6.47. The van der Waals surface area contributed by atoms with E-state index in [1.54, 1.807) is 55.6 Å². The number of Topliss-reactive ketones (excluding diaryl/α,β-unsaturated/α-hetero) is 1. The molecular weight excluding hydrogens is 607 g/mol. The van der Waals surface area contributed by atoms with Gasteiger partial charge in [-0.3, -0.25) is 14.5 Å². The molecule has 0 aliphatic carbocycles. The van der Waals surface area contributed by atoms with Crippen molar-refractivity contribution >= 4 is 45.7 Å². The van der Waals surface area contributed by atoms with Crippen molar-refractivity contribution in [3.05, 3.63) is 137 Å². The fourth-order valence-corrected chi connectivity index (χ4v) is 6.86. The third-order valence-electron chi connectivity index (χ3n) is 7.44. The Morgan fingerprint density at radius 3 is 2.42 bits per heavy atom. The largest absolute Gasteiger partial charge is 0.507 e. The maximum Gasteiger partial charge on any atom is 0.301 e. The number of benzene rings is 4. The summed E-state index contributed by atoms with van der Waals surface area (Å²) >= 11 is 2.72. The summed E-state index contributed by atoms with van der Waals surface area (Å²) in [6, 6.07) is 30.9. The third-order valence-corrected chi connectivity index (χ3v) is 9.57. The summed E-state index contributed by atoms with van der Waals surface area (Å²) in [6.07, 6.45) is 0. The number of aliphatic hydroxyl groups excluding tert-OH is 1. The summed E-state index contributed by atoms with van der Waals surface area (Å²) in [4.78, 5) is 28.5. The second kappa shape index (κ2) is 13.4. The van der Waals surface area contributed by atoms with Crippen molar-refractivity contribution in [3.8, 4) is 11.5 Å². The molecule has 8 nitrogen and oxygen atoms in total.